The summed E-state index contributed by atoms with van der Waals surface area (Å²) in [4.78, 5) is 16.6. The average Bonchev–Trinajstić information content (AvgIpc) is 2.79. The molecule has 0 saturated carbocycles. The van der Waals surface area contributed by atoms with Crippen LogP contribution in [-0.2, 0) is 4.74 Å². The number of esters is 1. The number of nitrogens with zero attached hydrogens (tertiary/aromatic N) is 2. The largest absolute Gasteiger partial charge is 0.508 e. The Bertz CT molecular complexity index is 834. The van der Waals surface area contributed by atoms with Gasteiger partial charge in [0.05, 0.1) is 26.5 Å². The minimum Gasteiger partial charge on any atom is -0.508 e. The van der Waals surface area contributed by atoms with Crippen molar-refractivity contribution < 1.29 is 24.1 Å². The number of carbonyl (C=O) groups is 1. The smallest absolute Gasteiger partial charge is 0.341 e. The molecule has 1 heterocycles. The molecule has 0 radical (unpaired) electrons. The number of piperazine rings is 1. The lowest BCUT2D eigenvalue weighted by atomic mass is 10.2. The fourth-order valence-electron chi connectivity index (χ4n) is 3.63. The fourth-order valence-corrected chi connectivity index (χ4v) is 3.63. The Balaban J connectivity index is 1.39. The molecular weight excluding hydrogens is 384 g/mol. The number of phenolic OH excluding ortho intramolecular Hbond substituents is 1. The van der Waals surface area contributed by atoms with E-state index in [1.165, 1.54) is 25.3 Å². The van der Waals surface area contributed by atoms with Crippen molar-refractivity contribution in [3.05, 3.63) is 48.0 Å². The second kappa shape index (κ2) is 10.7. The molecule has 7 nitrogen and oxygen atoms in total. The summed E-state index contributed by atoms with van der Waals surface area (Å²) < 4.78 is 16.0. The van der Waals surface area contributed by atoms with Crippen molar-refractivity contribution >= 4 is 11.7 Å². The van der Waals surface area contributed by atoms with E-state index >= 15 is 0 Å². The first kappa shape index (κ1) is 21.8. The highest BCUT2D eigenvalue weighted by Crippen LogP contribution is 2.28. The van der Waals surface area contributed by atoms with Crippen molar-refractivity contribution in [1.29, 1.82) is 0 Å². The van der Waals surface area contributed by atoms with Crippen molar-refractivity contribution in [3.63, 3.8) is 0 Å². The number of carbonyl (C=O) groups excluding carboxylic acids is 1. The summed E-state index contributed by atoms with van der Waals surface area (Å²) in [6.07, 6.45) is 1.87. The van der Waals surface area contributed by atoms with Crippen molar-refractivity contribution in [2.24, 2.45) is 0 Å². The molecule has 1 fully saturated rings. The Labute approximate surface area is 177 Å². The lowest BCUT2D eigenvalue weighted by Crippen LogP contribution is -2.46. The quantitative estimate of drug-likeness (QED) is 0.499. The molecule has 0 aromatic heterocycles. The summed E-state index contributed by atoms with van der Waals surface area (Å²) in [7, 11) is 3.04. The molecule has 1 aliphatic rings. The van der Waals surface area contributed by atoms with E-state index in [-0.39, 0.29) is 5.75 Å². The van der Waals surface area contributed by atoms with Crippen LogP contribution in [-0.4, -0.2) is 69.5 Å². The lowest BCUT2D eigenvalue weighted by molar-refractivity contribution is 0.0596. The summed E-state index contributed by atoms with van der Waals surface area (Å²) in [5.41, 5.74) is 1.48. The highest BCUT2D eigenvalue weighted by Gasteiger charge is 2.19. The van der Waals surface area contributed by atoms with Gasteiger partial charge in [-0.3, -0.25) is 4.90 Å². The van der Waals surface area contributed by atoms with Gasteiger partial charge in [0.15, 0.2) is 0 Å². The van der Waals surface area contributed by atoms with Crippen molar-refractivity contribution in [3.8, 4) is 17.2 Å². The van der Waals surface area contributed by atoms with E-state index in [2.05, 4.69) is 15.9 Å². The molecule has 7 heteroatoms. The van der Waals surface area contributed by atoms with E-state index in [1.807, 2.05) is 18.2 Å². The number of methoxy groups -OCH3 is 2. The van der Waals surface area contributed by atoms with Crippen LogP contribution in [0.1, 0.15) is 23.2 Å². The molecule has 2 aromatic rings. The molecule has 0 bridgehead atoms. The summed E-state index contributed by atoms with van der Waals surface area (Å²) in [6, 6.07) is 12.5. The standard InChI is InChI=1S/C23H30N2O5/c1-28-21-8-4-3-7-20(21)25-14-12-24(13-15-25)11-5-6-16-30-22-17-18(26)9-10-19(22)23(27)29-2/h3-4,7-10,17,26H,5-6,11-16H2,1-2H3. The maximum absolute atomic E-state index is 11.8. The van der Waals surface area contributed by atoms with Crippen LogP contribution in [0.25, 0.3) is 0 Å². The van der Waals surface area contributed by atoms with E-state index < -0.39 is 5.97 Å². The summed E-state index contributed by atoms with van der Waals surface area (Å²) in [5.74, 6) is 0.858. The van der Waals surface area contributed by atoms with Crippen LogP contribution in [0, 0.1) is 0 Å². The molecule has 0 atom stereocenters. The van der Waals surface area contributed by atoms with Gasteiger partial charge < -0.3 is 24.2 Å². The van der Waals surface area contributed by atoms with Gasteiger partial charge in [0.25, 0.3) is 0 Å². The SMILES string of the molecule is COC(=O)c1ccc(O)cc1OCCCCN1CCN(c2ccccc2OC)CC1. The molecule has 30 heavy (non-hydrogen) atoms. The average molecular weight is 415 g/mol. The van der Waals surface area contributed by atoms with Gasteiger partial charge >= 0.3 is 5.97 Å². The summed E-state index contributed by atoms with van der Waals surface area (Å²) in [5, 5.41) is 9.65. The number of hydrogen-bond acceptors (Lipinski definition) is 7. The van der Waals surface area contributed by atoms with Crippen LogP contribution in [0.3, 0.4) is 0 Å². The van der Waals surface area contributed by atoms with Gasteiger partial charge in [-0.1, -0.05) is 12.1 Å². The number of phenols is 1. The van der Waals surface area contributed by atoms with Gasteiger partial charge in [0.1, 0.15) is 22.8 Å². The number of anilines is 1. The molecule has 0 unspecified atom stereocenters. The third kappa shape index (κ3) is 5.57. The third-order valence-corrected chi connectivity index (χ3v) is 5.29. The van der Waals surface area contributed by atoms with Gasteiger partial charge in [-0.2, -0.15) is 0 Å². The molecule has 0 amide bonds. The topological polar surface area (TPSA) is 71.5 Å². The van der Waals surface area contributed by atoms with Gasteiger partial charge in [-0.05, 0) is 43.7 Å². The van der Waals surface area contributed by atoms with Crippen LogP contribution in [0.2, 0.25) is 0 Å². The van der Waals surface area contributed by atoms with E-state index in [0.717, 1.165) is 57.0 Å². The zero-order valence-electron chi connectivity index (χ0n) is 17.7. The number of para-hydroxylation sites is 2. The third-order valence-electron chi connectivity index (χ3n) is 5.29. The second-order valence-electron chi connectivity index (χ2n) is 7.23. The first-order valence-corrected chi connectivity index (χ1v) is 10.3. The number of aromatic hydroxyl groups is 1. The Hall–Kier alpha value is -2.93. The monoisotopic (exact) mass is 414 g/mol. The predicted molar refractivity (Wildman–Crippen MR) is 116 cm³/mol. The minimum absolute atomic E-state index is 0.0607. The Morgan fingerprint density at radius 1 is 1.00 bits per heavy atom. The van der Waals surface area contributed by atoms with Crippen LogP contribution in [0.5, 0.6) is 17.2 Å². The highest BCUT2D eigenvalue weighted by atomic mass is 16.5. The zero-order valence-corrected chi connectivity index (χ0v) is 17.7. The normalized spacial score (nSPS) is 14.4. The number of hydrogen-bond donors (Lipinski definition) is 1. The Morgan fingerprint density at radius 2 is 1.77 bits per heavy atom. The summed E-state index contributed by atoms with van der Waals surface area (Å²) >= 11 is 0. The zero-order chi connectivity index (χ0) is 21.3. The number of rotatable bonds is 9. The highest BCUT2D eigenvalue weighted by molar-refractivity contribution is 5.92. The fraction of sp³-hybridized carbons (Fsp3) is 0.435. The molecular formula is C23H30N2O5. The molecule has 162 valence electrons. The van der Waals surface area contributed by atoms with E-state index in [1.54, 1.807) is 7.11 Å². The van der Waals surface area contributed by atoms with Crippen LogP contribution < -0.4 is 14.4 Å². The van der Waals surface area contributed by atoms with E-state index in [0.29, 0.717) is 17.9 Å². The van der Waals surface area contributed by atoms with E-state index in [9.17, 15) is 9.90 Å². The van der Waals surface area contributed by atoms with Crippen LogP contribution >= 0.6 is 0 Å². The van der Waals surface area contributed by atoms with E-state index in [4.69, 9.17) is 14.2 Å². The van der Waals surface area contributed by atoms with Gasteiger partial charge in [-0.15, -0.1) is 0 Å². The van der Waals surface area contributed by atoms with Gasteiger partial charge in [-0.25, -0.2) is 4.79 Å². The molecule has 3 rings (SSSR count). The molecule has 0 aliphatic carbocycles. The van der Waals surface area contributed by atoms with Crippen molar-refractivity contribution in [1.82, 2.24) is 4.90 Å². The van der Waals surface area contributed by atoms with Crippen molar-refractivity contribution in [2.45, 2.75) is 12.8 Å². The maximum Gasteiger partial charge on any atom is 0.341 e. The Kier molecular flexibility index (Phi) is 7.79. The first-order valence-electron chi connectivity index (χ1n) is 10.3. The maximum atomic E-state index is 11.8. The van der Waals surface area contributed by atoms with Gasteiger partial charge in [0, 0.05) is 32.2 Å². The predicted octanol–water partition coefficient (Wildman–Crippen LogP) is 3.17. The Morgan fingerprint density at radius 3 is 2.50 bits per heavy atom. The second-order valence-corrected chi connectivity index (χ2v) is 7.23. The molecule has 0 spiro atoms. The molecule has 2 aromatic carbocycles. The molecule has 1 saturated heterocycles. The number of unbranched alkanes of at least 4 members (excludes halogenated alkanes) is 1. The van der Waals surface area contributed by atoms with Crippen LogP contribution in [0.4, 0.5) is 5.69 Å². The molecule has 1 N–H and O–H groups in total. The van der Waals surface area contributed by atoms with Crippen LogP contribution in [0.15, 0.2) is 42.5 Å². The van der Waals surface area contributed by atoms with Gasteiger partial charge in [0.2, 0.25) is 0 Å². The van der Waals surface area contributed by atoms with Crippen molar-refractivity contribution in [2.75, 3.05) is 58.5 Å². The summed E-state index contributed by atoms with van der Waals surface area (Å²) in [6.45, 7) is 5.46. The number of benzene rings is 2. The minimum atomic E-state index is -0.474. The number of ether oxygens (including phenoxy) is 3. The first-order chi connectivity index (χ1) is 14.6. The molecule has 1 aliphatic heterocycles. The lowest BCUT2D eigenvalue weighted by Gasteiger charge is -2.36.